The summed E-state index contributed by atoms with van der Waals surface area (Å²) in [4.78, 5) is 28.8. The summed E-state index contributed by atoms with van der Waals surface area (Å²) in [5.74, 6) is -0.383. The van der Waals surface area contributed by atoms with Gasteiger partial charge in [0.25, 0.3) is 0 Å². The van der Waals surface area contributed by atoms with Crippen LogP contribution in [0.25, 0.3) is 0 Å². The summed E-state index contributed by atoms with van der Waals surface area (Å²) >= 11 is 6.46. The van der Waals surface area contributed by atoms with Crippen LogP contribution in [0.2, 0.25) is 5.02 Å². The van der Waals surface area contributed by atoms with E-state index in [1.807, 2.05) is 18.2 Å². The topological polar surface area (TPSA) is 109 Å². The predicted octanol–water partition coefficient (Wildman–Crippen LogP) is 5.34. The van der Waals surface area contributed by atoms with Crippen molar-refractivity contribution >= 4 is 29.2 Å². The number of aliphatic hydroxyl groups is 1. The third-order valence-corrected chi connectivity index (χ3v) is 11.3. The van der Waals surface area contributed by atoms with Crippen LogP contribution < -0.4 is 9.64 Å². The fourth-order valence-corrected chi connectivity index (χ4v) is 8.50. The summed E-state index contributed by atoms with van der Waals surface area (Å²) in [5, 5.41) is 22.1. The lowest BCUT2D eigenvalue weighted by molar-refractivity contribution is -0.148. The molecule has 0 aromatic heterocycles. The number of hydrogen-bond donors (Lipinski definition) is 2. The van der Waals surface area contributed by atoms with Crippen LogP contribution in [0.4, 0.5) is 5.69 Å². The number of ether oxygens (including phenoxy) is 3. The molecule has 10 heteroatoms. The molecular formula is C37H47ClN2O7. The van der Waals surface area contributed by atoms with Crippen LogP contribution in [0.3, 0.4) is 0 Å². The molecular weight excluding hydrogens is 620 g/mol. The SMILES string of the molecule is CO[C@H]1C=CCCN(C)C(=O)C[C@](O)(COCC(=O)O)c2ccc3c(c2)N(CC2(C)CC[C@@H]12)C[C@@]1(CCCc2cc(Cl)ccc21)CO3. The standard InChI is InChI=1S/C37H47ClN2O7/c1-35-15-13-29(35)31(45-3)8-4-5-16-39(2)33(41)19-37(44,24-46-20-34(42)43)26-9-12-32-30(18-26)40(21-35)22-36(23-47-32)14-6-7-25-17-27(38)10-11-28(25)36/h4,8-12,17-18,29,31,44H,5-7,13-16,19-24H2,1-3H3,(H,42,43)/t29-,31-,35?,36-,37-/m0/s1. The minimum Gasteiger partial charge on any atom is -0.490 e. The Bertz CT molecular complexity index is 1530. The molecule has 2 heterocycles. The van der Waals surface area contributed by atoms with Gasteiger partial charge in [0.15, 0.2) is 0 Å². The molecule has 254 valence electrons. The normalized spacial score (nSPS) is 31.0. The maximum absolute atomic E-state index is 13.5. The van der Waals surface area contributed by atoms with Crippen LogP contribution in [0, 0.1) is 11.3 Å². The highest BCUT2D eigenvalue weighted by Gasteiger charge is 2.50. The third-order valence-electron chi connectivity index (χ3n) is 11.1. The number of methoxy groups -OCH3 is 1. The molecule has 1 unspecified atom stereocenters. The second kappa shape index (κ2) is 13.4. The predicted molar refractivity (Wildman–Crippen MR) is 180 cm³/mol. The third kappa shape index (κ3) is 6.77. The number of aliphatic carboxylic acids is 1. The molecule has 2 aromatic carbocycles. The van der Waals surface area contributed by atoms with Gasteiger partial charge in [-0.05, 0) is 90.8 Å². The maximum atomic E-state index is 13.5. The molecule has 6 rings (SSSR count). The molecule has 9 nitrogen and oxygen atoms in total. The number of benzene rings is 2. The molecule has 1 amide bonds. The van der Waals surface area contributed by atoms with Gasteiger partial charge in [0.05, 0.1) is 31.4 Å². The van der Waals surface area contributed by atoms with Gasteiger partial charge < -0.3 is 34.2 Å². The zero-order valence-electron chi connectivity index (χ0n) is 27.7. The van der Waals surface area contributed by atoms with E-state index in [0.717, 1.165) is 49.4 Å². The fourth-order valence-electron chi connectivity index (χ4n) is 8.31. The first kappa shape index (κ1) is 33.8. The number of halogens is 1. The van der Waals surface area contributed by atoms with E-state index < -0.39 is 18.2 Å². The smallest absolute Gasteiger partial charge is 0.329 e. The molecule has 2 N–H and O–H groups in total. The lowest BCUT2D eigenvalue weighted by atomic mass is 9.58. The Balaban J connectivity index is 1.46. The van der Waals surface area contributed by atoms with Crippen LogP contribution in [0.15, 0.2) is 48.6 Å². The van der Waals surface area contributed by atoms with Gasteiger partial charge in [-0.15, -0.1) is 0 Å². The van der Waals surface area contributed by atoms with Crippen molar-refractivity contribution in [3.63, 3.8) is 0 Å². The molecule has 1 saturated carbocycles. The van der Waals surface area contributed by atoms with E-state index in [0.29, 0.717) is 43.3 Å². The largest absolute Gasteiger partial charge is 0.490 e. The molecule has 4 aliphatic rings. The van der Waals surface area contributed by atoms with E-state index in [1.54, 1.807) is 25.1 Å². The minimum absolute atomic E-state index is 0.0420. The molecule has 5 atom stereocenters. The number of aryl methyl sites for hydroxylation is 1. The number of carboxylic acids is 1. The summed E-state index contributed by atoms with van der Waals surface area (Å²) in [5.41, 5.74) is 1.80. The Morgan fingerprint density at radius 1 is 1.17 bits per heavy atom. The first-order valence-electron chi connectivity index (χ1n) is 16.7. The van der Waals surface area contributed by atoms with Gasteiger partial charge in [-0.3, -0.25) is 4.79 Å². The maximum Gasteiger partial charge on any atom is 0.329 e. The zero-order chi connectivity index (χ0) is 33.4. The summed E-state index contributed by atoms with van der Waals surface area (Å²) in [7, 11) is 3.49. The van der Waals surface area contributed by atoms with Crippen molar-refractivity contribution in [3.05, 3.63) is 70.3 Å². The highest BCUT2D eigenvalue weighted by molar-refractivity contribution is 6.30. The number of carboxylic acid groups (broad SMARTS) is 1. The summed E-state index contributed by atoms with van der Waals surface area (Å²) in [6.07, 6.45) is 9.66. The Morgan fingerprint density at radius 3 is 2.74 bits per heavy atom. The van der Waals surface area contributed by atoms with Crippen molar-refractivity contribution in [1.82, 2.24) is 4.90 Å². The van der Waals surface area contributed by atoms with Gasteiger partial charge >= 0.3 is 5.97 Å². The van der Waals surface area contributed by atoms with Crippen LogP contribution in [0.5, 0.6) is 5.75 Å². The Morgan fingerprint density at radius 2 is 2.00 bits per heavy atom. The Labute approximate surface area is 282 Å². The van der Waals surface area contributed by atoms with E-state index in [1.165, 1.54) is 11.1 Å². The first-order valence-corrected chi connectivity index (χ1v) is 17.1. The molecule has 0 saturated heterocycles. The number of carbonyl (C=O) groups is 2. The van der Waals surface area contributed by atoms with Crippen molar-refractivity contribution in [3.8, 4) is 5.75 Å². The van der Waals surface area contributed by atoms with E-state index in [4.69, 9.17) is 25.8 Å². The zero-order valence-corrected chi connectivity index (χ0v) is 28.4. The molecule has 2 aliphatic carbocycles. The molecule has 2 aromatic rings. The minimum atomic E-state index is -1.75. The Hall–Kier alpha value is -3.11. The van der Waals surface area contributed by atoms with Crippen molar-refractivity contribution in [2.75, 3.05) is 58.5 Å². The molecule has 1 spiro atoms. The van der Waals surface area contributed by atoms with Crippen molar-refractivity contribution in [2.45, 2.75) is 69.0 Å². The van der Waals surface area contributed by atoms with Crippen LogP contribution in [0.1, 0.15) is 62.1 Å². The summed E-state index contributed by atoms with van der Waals surface area (Å²) in [6.45, 7) is 3.87. The van der Waals surface area contributed by atoms with Crippen molar-refractivity contribution in [2.24, 2.45) is 11.3 Å². The second-order valence-electron chi connectivity index (χ2n) is 14.4. The molecule has 1 fully saturated rings. The van der Waals surface area contributed by atoms with E-state index in [-0.39, 0.29) is 35.9 Å². The van der Waals surface area contributed by atoms with Crippen molar-refractivity contribution < 1.29 is 34.0 Å². The second-order valence-corrected chi connectivity index (χ2v) is 14.8. The van der Waals surface area contributed by atoms with Crippen LogP contribution in [-0.4, -0.2) is 86.7 Å². The number of anilines is 1. The van der Waals surface area contributed by atoms with Gasteiger partial charge in [0, 0.05) is 44.2 Å². The average Bonchev–Trinajstić information content (AvgIpc) is 3.17. The van der Waals surface area contributed by atoms with E-state index in [9.17, 15) is 19.8 Å². The van der Waals surface area contributed by atoms with Gasteiger partial charge in [-0.2, -0.15) is 0 Å². The number of carbonyl (C=O) groups excluding carboxylic acids is 1. The number of nitrogens with zero attached hydrogens (tertiary/aromatic N) is 2. The number of fused-ring (bicyclic) bond motifs is 4. The highest BCUT2D eigenvalue weighted by Crippen LogP contribution is 2.52. The molecule has 0 radical (unpaired) electrons. The fraction of sp³-hybridized carbons (Fsp3) is 0.568. The molecule has 2 aliphatic heterocycles. The Kier molecular flexibility index (Phi) is 9.64. The average molecular weight is 667 g/mol. The summed E-state index contributed by atoms with van der Waals surface area (Å²) < 4.78 is 18.2. The van der Waals surface area contributed by atoms with Gasteiger partial charge in [0.2, 0.25) is 5.91 Å². The number of hydrogen-bond acceptors (Lipinski definition) is 7. The van der Waals surface area contributed by atoms with Crippen LogP contribution in [-0.2, 0) is 36.5 Å². The first-order chi connectivity index (χ1) is 22.4. The van der Waals surface area contributed by atoms with Crippen LogP contribution >= 0.6 is 11.6 Å². The van der Waals surface area contributed by atoms with E-state index in [2.05, 4.69) is 36.1 Å². The molecule has 2 bridgehead atoms. The molecule has 47 heavy (non-hydrogen) atoms. The van der Waals surface area contributed by atoms with Gasteiger partial charge in [-0.25, -0.2) is 4.79 Å². The van der Waals surface area contributed by atoms with Gasteiger partial charge in [-0.1, -0.05) is 42.8 Å². The number of rotatable bonds is 5. The monoisotopic (exact) mass is 666 g/mol. The van der Waals surface area contributed by atoms with Gasteiger partial charge in [0.1, 0.15) is 18.0 Å². The summed E-state index contributed by atoms with van der Waals surface area (Å²) in [6, 6.07) is 11.8. The lowest BCUT2D eigenvalue weighted by Gasteiger charge is -2.53. The van der Waals surface area contributed by atoms with E-state index >= 15 is 0 Å². The number of amides is 1. The highest BCUT2D eigenvalue weighted by atomic mass is 35.5. The quantitative estimate of drug-likeness (QED) is 0.412. The lowest BCUT2D eigenvalue weighted by Crippen LogP contribution is -2.54. The van der Waals surface area contributed by atoms with Crippen molar-refractivity contribution in [1.29, 1.82) is 0 Å².